The van der Waals surface area contributed by atoms with Crippen molar-refractivity contribution in [1.82, 2.24) is 19.5 Å². The van der Waals surface area contributed by atoms with E-state index >= 15 is 0 Å². The van der Waals surface area contributed by atoms with Crippen LogP contribution in [0.3, 0.4) is 0 Å². The molecular weight excluding hydrogens is 969 g/mol. The van der Waals surface area contributed by atoms with Gasteiger partial charge in [0.05, 0.1) is 16.4 Å². The molecule has 0 radical (unpaired) electrons. The second kappa shape index (κ2) is 18.3. The van der Waals surface area contributed by atoms with E-state index in [0.29, 0.717) is 17.5 Å². The lowest BCUT2D eigenvalue weighted by Gasteiger charge is -2.34. The lowest BCUT2D eigenvalue weighted by Crippen LogP contribution is -2.28. The van der Waals surface area contributed by atoms with Crippen LogP contribution >= 0.6 is 0 Å². The summed E-state index contributed by atoms with van der Waals surface area (Å²) in [6.45, 7) is 0. The van der Waals surface area contributed by atoms with Crippen molar-refractivity contribution >= 4 is 54.1 Å². The minimum Gasteiger partial charge on any atom is -0.309 e. The predicted octanol–water partition coefficient (Wildman–Crippen LogP) is 19.1. The highest BCUT2D eigenvalue weighted by Gasteiger charge is 2.46. The van der Waals surface area contributed by atoms with Gasteiger partial charge in [-0.25, -0.2) is 15.0 Å². The molecule has 1 aliphatic rings. The zero-order chi connectivity index (χ0) is 52.7. The van der Waals surface area contributed by atoms with Crippen LogP contribution in [0.25, 0.3) is 127 Å². The number of hydrogen-bond donors (Lipinski definition) is 0. The third kappa shape index (κ3) is 7.13. The molecule has 4 heteroatoms. The van der Waals surface area contributed by atoms with E-state index < -0.39 is 5.41 Å². The topological polar surface area (TPSA) is 43.6 Å². The van der Waals surface area contributed by atoms with E-state index in [4.69, 9.17) is 15.0 Å². The van der Waals surface area contributed by atoms with Crippen LogP contribution in [0, 0.1) is 0 Å². The number of fused-ring (bicyclic) bond motifs is 12. The van der Waals surface area contributed by atoms with Crippen LogP contribution in [-0.2, 0) is 5.41 Å². The molecule has 0 N–H and O–H groups in total. The maximum Gasteiger partial charge on any atom is 0.164 e. The second-order valence-corrected chi connectivity index (χ2v) is 21.0. The summed E-state index contributed by atoms with van der Waals surface area (Å²) in [6.07, 6.45) is 0. The number of nitrogens with zero attached hydrogens (tertiary/aromatic N) is 4. The van der Waals surface area contributed by atoms with Crippen LogP contribution in [0.4, 0.5) is 0 Å². The summed E-state index contributed by atoms with van der Waals surface area (Å²) in [5, 5.41) is 9.78. The molecule has 2 heterocycles. The molecule has 0 atom stereocenters. The summed E-state index contributed by atoms with van der Waals surface area (Å²) >= 11 is 0. The van der Waals surface area contributed by atoms with Gasteiger partial charge in [-0.15, -0.1) is 0 Å². The number of aromatic nitrogens is 4. The summed E-state index contributed by atoms with van der Waals surface area (Å²) in [4.78, 5) is 16.5. The molecule has 15 aromatic rings. The number of para-hydroxylation sites is 1. The highest BCUT2D eigenvalue weighted by Crippen LogP contribution is 2.57. The number of rotatable bonds is 8. The predicted molar refractivity (Wildman–Crippen MR) is 331 cm³/mol. The molecule has 0 saturated carbocycles. The zero-order valence-electron chi connectivity index (χ0n) is 43.5. The van der Waals surface area contributed by atoms with Gasteiger partial charge >= 0.3 is 0 Å². The van der Waals surface area contributed by atoms with E-state index in [1.54, 1.807) is 0 Å². The van der Waals surface area contributed by atoms with Gasteiger partial charge in [-0.2, -0.15) is 0 Å². The summed E-state index contributed by atoms with van der Waals surface area (Å²) in [7, 11) is 0. The Labute approximate surface area is 463 Å². The first kappa shape index (κ1) is 45.6. The maximum absolute atomic E-state index is 5.60. The van der Waals surface area contributed by atoms with E-state index in [2.05, 4.69) is 290 Å². The average Bonchev–Trinajstić information content (AvgIpc) is 4.13. The first-order valence-electron chi connectivity index (χ1n) is 27.4. The van der Waals surface area contributed by atoms with Crippen molar-refractivity contribution < 1.29 is 0 Å². The molecule has 0 amide bonds. The molecule has 0 bridgehead atoms. The molecule has 0 fully saturated rings. The van der Waals surface area contributed by atoms with E-state index in [-0.39, 0.29) is 0 Å². The first-order valence-corrected chi connectivity index (χ1v) is 27.4. The van der Waals surface area contributed by atoms with E-state index in [0.717, 1.165) is 50.1 Å². The van der Waals surface area contributed by atoms with Crippen LogP contribution < -0.4 is 0 Å². The Morgan fingerprint density at radius 2 is 0.688 bits per heavy atom. The highest BCUT2D eigenvalue weighted by atomic mass is 15.0. The Kier molecular flexibility index (Phi) is 10.4. The van der Waals surface area contributed by atoms with Gasteiger partial charge in [-0.3, -0.25) is 0 Å². The van der Waals surface area contributed by atoms with Crippen molar-refractivity contribution in [3.05, 3.63) is 313 Å². The summed E-state index contributed by atoms with van der Waals surface area (Å²) in [5.74, 6) is 1.79. The molecular formula is C76H48N4. The molecule has 13 aromatic carbocycles. The molecule has 0 spiro atoms. The fraction of sp³-hybridized carbons (Fsp3) is 0.0132. The smallest absolute Gasteiger partial charge is 0.164 e. The van der Waals surface area contributed by atoms with E-state index in [9.17, 15) is 0 Å². The normalized spacial score (nSPS) is 12.6. The molecule has 2 aromatic heterocycles. The zero-order valence-corrected chi connectivity index (χ0v) is 43.5. The van der Waals surface area contributed by atoms with Crippen LogP contribution in [0.2, 0.25) is 0 Å². The van der Waals surface area contributed by atoms with Crippen molar-refractivity contribution in [2.45, 2.75) is 5.41 Å². The Bertz CT molecular complexity index is 4860. The van der Waals surface area contributed by atoms with Crippen molar-refractivity contribution in [1.29, 1.82) is 0 Å². The van der Waals surface area contributed by atoms with E-state index in [1.807, 2.05) is 6.07 Å². The van der Waals surface area contributed by atoms with Crippen LogP contribution in [0.1, 0.15) is 22.3 Å². The van der Waals surface area contributed by atoms with Crippen molar-refractivity contribution in [2.75, 3.05) is 0 Å². The third-order valence-electron chi connectivity index (χ3n) is 16.7. The molecule has 4 nitrogen and oxygen atoms in total. The second-order valence-electron chi connectivity index (χ2n) is 21.0. The van der Waals surface area contributed by atoms with Crippen molar-refractivity contribution in [3.8, 4) is 73.2 Å². The Morgan fingerprint density at radius 1 is 0.237 bits per heavy atom. The van der Waals surface area contributed by atoms with Crippen LogP contribution in [0.15, 0.2) is 291 Å². The molecule has 16 rings (SSSR count). The van der Waals surface area contributed by atoms with Gasteiger partial charge in [0.2, 0.25) is 0 Å². The molecule has 80 heavy (non-hydrogen) atoms. The molecule has 0 unspecified atom stereocenters. The lowest BCUT2D eigenvalue weighted by molar-refractivity contribution is 0.768. The van der Waals surface area contributed by atoms with Gasteiger partial charge in [0.15, 0.2) is 17.5 Å². The lowest BCUT2D eigenvalue weighted by atomic mass is 9.67. The molecule has 0 aliphatic heterocycles. The molecule has 0 saturated heterocycles. The maximum atomic E-state index is 5.60. The minimum absolute atomic E-state index is 0.584. The standard InChI is InChI=1S/C76H48N4/c1-5-21-49(22-6-1)52-38-42-67-66-34-18-20-36-71(66)80(72(67)48-52)58-44-54(51-37-40-63-61-31-14-13-29-59(61)60-30-15-16-32-62(60)68(63)46-51)43-55(45-58)75-78-73(50-23-7-2-8-24-50)77-74(79-75)53-39-41-65-64-33-17-19-35-69(64)76(70(65)47-53,56-25-9-3-10-26-56)57-27-11-4-12-28-57/h1-48H. The monoisotopic (exact) mass is 1020 g/mol. The van der Waals surface area contributed by atoms with Crippen molar-refractivity contribution in [3.63, 3.8) is 0 Å². The fourth-order valence-corrected chi connectivity index (χ4v) is 13.1. The van der Waals surface area contributed by atoms with Gasteiger partial charge in [0.25, 0.3) is 0 Å². The Morgan fingerprint density at radius 3 is 1.35 bits per heavy atom. The quantitative estimate of drug-likeness (QED) is 0.142. The Balaban J connectivity index is 0.961. The molecule has 1 aliphatic carbocycles. The first-order chi connectivity index (χ1) is 39.7. The van der Waals surface area contributed by atoms with Gasteiger partial charge in [-0.1, -0.05) is 249 Å². The van der Waals surface area contributed by atoms with Crippen LogP contribution in [0.5, 0.6) is 0 Å². The Hall–Kier alpha value is -10.6. The average molecular weight is 1020 g/mol. The largest absolute Gasteiger partial charge is 0.309 e. The number of benzene rings is 13. The molecule has 372 valence electrons. The van der Waals surface area contributed by atoms with Gasteiger partial charge in [0, 0.05) is 33.2 Å². The van der Waals surface area contributed by atoms with Gasteiger partial charge in [0.1, 0.15) is 0 Å². The summed E-state index contributed by atoms with van der Waals surface area (Å²) in [6, 6.07) is 106. The minimum atomic E-state index is -0.591. The highest BCUT2D eigenvalue weighted by molar-refractivity contribution is 6.25. The fourth-order valence-electron chi connectivity index (χ4n) is 13.1. The van der Waals surface area contributed by atoms with Crippen molar-refractivity contribution in [2.24, 2.45) is 0 Å². The summed E-state index contributed by atoms with van der Waals surface area (Å²) in [5.41, 5.74) is 17.1. The third-order valence-corrected chi connectivity index (χ3v) is 16.7. The van der Waals surface area contributed by atoms with Gasteiger partial charge in [-0.05, 0) is 130 Å². The van der Waals surface area contributed by atoms with E-state index in [1.165, 1.54) is 82.0 Å². The SMILES string of the molecule is c1ccc(-c2ccc3c4ccccc4n(-c4cc(-c5ccc6c7ccccc7c7ccccc7c6c5)cc(-c5nc(-c6ccccc6)nc(-c6ccc7c(c6)C(c6ccccc6)(c6ccccc6)c6ccccc6-7)n5)c4)c3c2)cc1. The number of hydrogen-bond acceptors (Lipinski definition) is 3. The summed E-state index contributed by atoms with van der Waals surface area (Å²) < 4.78 is 2.43. The van der Waals surface area contributed by atoms with Gasteiger partial charge < -0.3 is 4.57 Å². The van der Waals surface area contributed by atoms with Crippen LogP contribution in [-0.4, -0.2) is 19.5 Å².